The molecular weight excluding hydrogens is 352 g/mol. The molecule has 0 aromatic heterocycles. The first-order valence-electron chi connectivity index (χ1n) is 8.51. The number of hydrogen-bond donors (Lipinski definition) is 1. The smallest absolute Gasteiger partial charge is 0.258 e. The Hall–Kier alpha value is -2.22. The van der Waals surface area contributed by atoms with Crippen LogP contribution in [0.3, 0.4) is 0 Å². The van der Waals surface area contributed by atoms with Gasteiger partial charge in [0.2, 0.25) is 10.0 Å². The number of nitrogens with one attached hydrogen (secondary N) is 1. The summed E-state index contributed by atoms with van der Waals surface area (Å²) in [6.07, 6.45) is 1.06. The first kappa shape index (κ1) is 18.6. The van der Waals surface area contributed by atoms with Crippen LogP contribution in [0.15, 0.2) is 59.5 Å². The van der Waals surface area contributed by atoms with E-state index < -0.39 is 16.1 Å². The number of carbonyl (C=O) groups excluding carboxylic acids is 1. The molecule has 0 saturated carbocycles. The highest BCUT2D eigenvalue weighted by Gasteiger charge is 2.27. The molecule has 26 heavy (non-hydrogen) atoms. The zero-order valence-electron chi connectivity index (χ0n) is 14.6. The Labute approximate surface area is 153 Å². The summed E-state index contributed by atoms with van der Waals surface area (Å²) >= 11 is 0. The van der Waals surface area contributed by atoms with E-state index in [1.807, 2.05) is 30.3 Å². The molecule has 1 saturated heterocycles. The number of hydrogen-bond acceptors (Lipinski definition) is 4. The van der Waals surface area contributed by atoms with E-state index >= 15 is 0 Å². The van der Waals surface area contributed by atoms with Gasteiger partial charge in [0.25, 0.3) is 5.91 Å². The number of benzene rings is 2. The molecule has 1 aliphatic heterocycles. The third kappa shape index (κ3) is 3.95. The number of ether oxygens (including phenoxy) is 1. The Morgan fingerprint density at radius 2 is 1.65 bits per heavy atom. The Morgan fingerprint density at radius 3 is 2.23 bits per heavy atom. The Bertz CT molecular complexity index is 845. The number of sulfonamides is 1. The van der Waals surface area contributed by atoms with E-state index in [2.05, 4.69) is 5.32 Å². The van der Waals surface area contributed by atoms with Crippen molar-refractivity contribution < 1.29 is 17.9 Å². The number of anilines is 1. The number of rotatable bonds is 6. The molecule has 0 unspecified atom stereocenters. The zero-order valence-corrected chi connectivity index (χ0v) is 15.4. The normalized spacial score (nSPS) is 16.3. The average Bonchev–Trinajstić information content (AvgIpc) is 3.19. The van der Waals surface area contributed by atoms with E-state index in [4.69, 9.17) is 4.74 Å². The maximum atomic E-state index is 12.5. The highest BCUT2D eigenvalue weighted by Crippen LogP contribution is 2.23. The van der Waals surface area contributed by atoms with Gasteiger partial charge >= 0.3 is 0 Å². The van der Waals surface area contributed by atoms with Crippen LogP contribution in [0, 0.1) is 0 Å². The van der Waals surface area contributed by atoms with Crippen molar-refractivity contribution in [3.63, 3.8) is 0 Å². The van der Waals surface area contributed by atoms with Crippen molar-refractivity contribution in [2.24, 2.45) is 0 Å². The molecule has 0 radical (unpaired) electrons. The number of nitrogens with zero attached hydrogens (tertiary/aromatic N) is 1. The van der Waals surface area contributed by atoms with Gasteiger partial charge in [0, 0.05) is 25.9 Å². The van der Waals surface area contributed by atoms with Crippen LogP contribution >= 0.6 is 0 Å². The second-order valence-electron chi connectivity index (χ2n) is 6.15. The first-order chi connectivity index (χ1) is 12.5. The van der Waals surface area contributed by atoms with E-state index in [0.29, 0.717) is 18.8 Å². The fourth-order valence-electron chi connectivity index (χ4n) is 3.02. The molecule has 0 spiro atoms. The highest BCUT2D eigenvalue weighted by atomic mass is 32.2. The summed E-state index contributed by atoms with van der Waals surface area (Å²) in [5.74, 6) is -0.311. The lowest BCUT2D eigenvalue weighted by atomic mass is 10.1. The third-order valence-electron chi connectivity index (χ3n) is 4.40. The lowest BCUT2D eigenvalue weighted by molar-refractivity contribution is -0.126. The topological polar surface area (TPSA) is 75.7 Å². The molecule has 0 bridgehead atoms. The predicted octanol–water partition coefficient (Wildman–Crippen LogP) is 2.80. The number of carbonyl (C=O) groups is 1. The van der Waals surface area contributed by atoms with Gasteiger partial charge in [-0.1, -0.05) is 30.3 Å². The van der Waals surface area contributed by atoms with Crippen LogP contribution in [0.4, 0.5) is 5.69 Å². The number of methoxy groups -OCH3 is 1. The molecule has 138 valence electrons. The molecule has 0 aliphatic carbocycles. The van der Waals surface area contributed by atoms with Crippen LogP contribution in [0.25, 0.3) is 0 Å². The Morgan fingerprint density at radius 1 is 1.04 bits per heavy atom. The van der Waals surface area contributed by atoms with Crippen LogP contribution < -0.4 is 5.32 Å². The van der Waals surface area contributed by atoms with Crippen molar-refractivity contribution in [1.82, 2.24) is 4.31 Å². The lowest BCUT2D eigenvalue weighted by Crippen LogP contribution is -2.27. The minimum absolute atomic E-state index is 0.240. The summed E-state index contributed by atoms with van der Waals surface area (Å²) in [6, 6.07) is 15.4. The zero-order chi connectivity index (χ0) is 18.6. The van der Waals surface area contributed by atoms with E-state index in [-0.39, 0.29) is 10.8 Å². The van der Waals surface area contributed by atoms with E-state index in [9.17, 15) is 13.2 Å². The van der Waals surface area contributed by atoms with Crippen LogP contribution in [-0.2, 0) is 19.6 Å². The standard InChI is InChI=1S/C19H22N2O4S/c1-25-18(15-7-3-2-4-8-15)19(22)20-16-9-11-17(12-10-16)26(23,24)21-13-5-6-14-21/h2-4,7-12,18H,5-6,13-14H2,1H3,(H,20,22)/t18-/m1/s1. The summed E-state index contributed by atoms with van der Waals surface area (Å²) in [5.41, 5.74) is 1.27. The van der Waals surface area contributed by atoms with Crippen molar-refractivity contribution >= 4 is 21.6 Å². The molecule has 1 amide bonds. The first-order valence-corrected chi connectivity index (χ1v) is 9.95. The van der Waals surface area contributed by atoms with Gasteiger partial charge in [0.05, 0.1) is 4.90 Å². The predicted molar refractivity (Wildman–Crippen MR) is 99.3 cm³/mol. The molecule has 1 aliphatic rings. The van der Waals surface area contributed by atoms with Gasteiger partial charge in [-0.15, -0.1) is 0 Å². The van der Waals surface area contributed by atoms with E-state index in [1.165, 1.54) is 23.5 Å². The second-order valence-corrected chi connectivity index (χ2v) is 8.09. The van der Waals surface area contributed by atoms with Gasteiger partial charge in [-0.2, -0.15) is 4.31 Å². The van der Waals surface area contributed by atoms with Crippen molar-refractivity contribution in [2.75, 3.05) is 25.5 Å². The summed E-state index contributed by atoms with van der Waals surface area (Å²) < 4.78 is 31.9. The highest BCUT2D eigenvalue weighted by molar-refractivity contribution is 7.89. The van der Waals surface area contributed by atoms with Crippen molar-refractivity contribution in [3.8, 4) is 0 Å². The fourth-order valence-corrected chi connectivity index (χ4v) is 4.53. The van der Waals surface area contributed by atoms with Crippen molar-refractivity contribution in [3.05, 3.63) is 60.2 Å². The summed E-state index contributed by atoms with van der Waals surface area (Å²) in [6.45, 7) is 1.13. The molecule has 1 fully saturated rings. The van der Waals surface area contributed by atoms with Crippen molar-refractivity contribution in [2.45, 2.75) is 23.8 Å². The van der Waals surface area contributed by atoms with Crippen molar-refractivity contribution in [1.29, 1.82) is 0 Å². The van der Waals surface area contributed by atoms with Crippen LogP contribution in [0.2, 0.25) is 0 Å². The van der Waals surface area contributed by atoms with Gasteiger partial charge in [-0.25, -0.2) is 8.42 Å². The molecule has 2 aromatic rings. The number of amides is 1. The second kappa shape index (κ2) is 7.99. The molecule has 7 heteroatoms. The molecule has 1 atom stereocenters. The summed E-state index contributed by atoms with van der Waals surface area (Å²) in [7, 11) is -1.98. The Kier molecular flexibility index (Phi) is 5.70. The SMILES string of the molecule is CO[C@@H](C(=O)Nc1ccc(S(=O)(=O)N2CCCC2)cc1)c1ccccc1. The molecule has 1 N–H and O–H groups in total. The van der Waals surface area contributed by atoms with Crippen LogP contribution in [-0.4, -0.2) is 38.8 Å². The fraction of sp³-hybridized carbons (Fsp3) is 0.316. The molecule has 6 nitrogen and oxygen atoms in total. The quantitative estimate of drug-likeness (QED) is 0.844. The van der Waals surface area contributed by atoms with Gasteiger partial charge in [0.15, 0.2) is 6.10 Å². The molecule has 1 heterocycles. The average molecular weight is 374 g/mol. The lowest BCUT2D eigenvalue weighted by Gasteiger charge is -2.17. The minimum Gasteiger partial charge on any atom is -0.367 e. The Balaban J connectivity index is 1.72. The third-order valence-corrected chi connectivity index (χ3v) is 6.31. The monoisotopic (exact) mass is 374 g/mol. The van der Waals surface area contributed by atoms with Gasteiger partial charge < -0.3 is 10.1 Å². The molecule has 3 rings (SSSR count). The van der Waals surface area contributed by atoms with Crippen LogP contribution in [0.5, 0.6) is 0 Å². The van der Waals surface area contributed by atoms with Crippen LogP contribution in [0.1, 0.15) is 24.5 Å². The maximum absolute atomic E-state index is 12.5. The summed E-state index contributed by atoms with van der Waals surface area (Å²) in [5, 5.41) is 2.77. The van der Waals surface area contributed by atoms with Gasteiger partial charge in [-0.05, 0) is 42.7 Å². The van der Waals surface area contributed by atoms with E-state index in [1.54, 1.807) is 12.1 Å². The molecular formula is C19H22N2O4S. The minimum atomic E-state index is -3.45. The van der Waals surface area contributed by atoms with Gasteiger partial charge in [-0.3, -0.25) is 4.79 Å². The van der Waals surface area contributed by atoms with Gasteiger partial charge in [0.1, 0.15) is 0 Å². The molecule has 2 aromatic carbocycles. The maximum Gasteiger partial charge on any atom is 0.258 e. The van der Waals surface area contributed by atoms with E-state index in [0.717, 1.165) is 18.4 Å². The largest absolute Gasteiger partial charge is 0.367 e. The summed E-state index contributed by atoms with van der Waals surface area (Å²) in [4.78, 5) is 12.7.